The molecule has 0 spiro atoms. The topological polar surface area (TPSA) is 48.0 Å². The molecule has 0 fully saturated rings. The SMILES string of the molecule is CC(C)(C)[S@+]([O-])NC(c1ccc(Cl)c(Cl)c1)c1ncccc1C(F)(F)F. The van der Waals surface area contributed by atoms with Crippen molar-refractivity contribution in [3.63, 3.8) is 0 Å². The van der Waals surface area contributed by atoms with Gasteiger partial charge in [0.25, 0.3) is 0 Å². The molecule has 0 aliphatic heterocycles. The van der Waals surface area contributed by atoms with Crippen LogP contribution < -0.4 is 4.72 Å². The number of benzene rings is 1. The lowest BCUT2D eigenvalue weighted by molar-refractivity contribution is -0.138. The van der Waals surface area contributed by atoms with E-state index in [2.05, 4.69) is 9.71 Å². The van der Waals surface area contributed by atoms with Gasteiger partial charge in [0, 0.05) is 17.6 Å². The van der Waals surface area contributed by atoms with Gasteiger partial charge >= 0.3 is 6.18 Å². The Balaban J connectivity index is 2.60. The van der Waals surface area contributed by atoms with Crippen molar-refractivity contribution in [3.05, 3.63) is 63.4 Å². The zero-order valence-electron chi connectivity index (χ0n) is 14.2. The minimum Gasteiger partial charge on any atom is -0.598 e. The average molecular weight is 425 g/mol. The summed E-state index contributed by atoms with van der Waals surface area (Å²) in [5.41, 5.74) is -0.813. The third-order valence-corrected chi connectivity index (χ3v) is 5.78. The van der Waals surface area contributed by atoms with Crippen molar-refractivity contribution in [2.45, 2.75) is 37.7 Å². The first-order chi connectivity index (χ1) is 11.9. The standard InChI is InChI=1S/C17H17Cl2F3N2OS/c1-16(2,3)26(25)24-14(10-6-7-12(18)13(19)9-10)15-11(17(20,21)22)5-4-8-23-15/h4-9,14,24H,1-3H3/t14?,26-/m0/s1. The molecule has 0 bridgehead atoms. The molecule has 1 aromatic carbocycles. The van der Waals surface area contributed by atoms with E-state index in [9.17, 15) is 17.7 Å². The van der Waals surface area contributed by atoms with Gasteiger partial charge in [0.2, 0.25) is 0 Å². The smallest absolute Gasteiger partial charge is 0.418 e. The quantitative estimate of drug-likeness (QED) is 0.654. The van der Waals surface area contributed by atoms with Gasteiger partial charge < -0.3 is 4.55 Å². The van der Waals surface area contributed by atoms with Gasteiger partial charge in [0.05, 0.1) is 21.3 Å². The number of aromatic nitrogens is 1. The summed E-state index contributed by atoms with van der Waals surface area (Å²) in [5, 5.41) is 0.449. The Morgan fingerprint density at radius 2 is 1.77 bits per heavy atom. The maximum atomic E-state index is 13.4. The second-order valence-electron chi connectivity index (χ2n) is 6.54. The molecule has 0 aliphatic carbocycles. The first-order valence-corrected chi connectivity index (χ1v) is 9.47. The largest absolute Gasteiger partial charge is 0.598 e. The van der Waals surface area contributed by atoms with E-state index in [-0.39, 0.29) is 15.7 Å². The molecule has 1 unspecified atom stereocenters. The molecular formula is C17H17Cl2F3N2OS. The van der Waals surface area contributed by atoms with E-state index in [0.29, 0.717) is 5.56 Å². The Labute approximate surface area is 163 Å². The Bertz CT molecular complexity index is 781. The van der Waals surface area contributed by atoms with E-state index in [4.69, 9.17) is 23.2 Å². The number of nitrogens with one attached hydrogen (secondary N) is 1. The van der Waals surface area contributed by atoms with E-state index in [0.717, 1.165) is 6.07 Å². The van der Waals surface area contributed by atoms with Gasteiger partial charge in [0.15, 0.2) is 0 Å². The highest BCUT2D eigenvalue weighted by atomic mass is 35.5. The number of halogens is 5. The van der Waals surface area contributed by atoms with Crippen molar-refractivity contribution in [2.24, 2.45) is 0 Å². The van der Waals surface area contributed by atoms with E-state index >= 15 is 0 Å². The minimum absolute atomic E-state index is 0.182. The Morgan fingerprint density at radius 1 is 1.12 bits per heavy atom. The van der Waals surface area contributed by atoms with Gasteiger partial charge in [-0.15, -0.1) is 4.72 Å². The number of alkyl halides is 3. The summed E-state index contributed by atoms with van der Waals surface area (Å²) < 4.78 is 55.0. The Morgan fingerprint density at radius 3 is 2.31 bits per heavy atom. The summed E-state index contributed by atoms with van der Waals surface area (Å²) in [4.78, 5) is 3.92. The maximum absolute atomic E-state index is 13.4. The van der Waals surface area contributed by atoms with Crippen LogP contribution in [-0.4, -0.2) is 14.3 Å². The first kappa shape index (κ1) is 21.3. The lowest BCUT2D eigenvalue weighted by Crippen LogP contribution is -2.42. The summed E-state index contributed by atoms with van der Waals surface area (Å²) >= 11 is 10.3. The summed E-state index contributed by atoms with van der Waals surface area (Å²) in [6.45, 7) is 5.14. The maximum Gasteiger partial charge on any atom is 0.418 e. The first-order valence-electron chi connectivity index (χ1n) is 7.56. The lowest BCUT2D eigenvalue weighted by atomic mass is 10.00. The zero-order valence-corrected chi connectivity index (χ0v) is 16.5. The fraction of sp³-hybridized carbons (Fsp3) is 0.353. The predicted molar refractivity (Wildman–Crippen MR) is 98.6 cm³/mol. The fourth-order valence-electron chi connectivity index (χ4n) is 2.14. The molecule has 3 nitrogen and oxygen atoms in total. The highest BCUT2D eigenvalue weighted by molar-refractivity contribution is 7.90. The van der Waals surface area contributed by atoms with Crippen LogP contribution in [-0.2, 0) is 17.5 Å². The number of hydrogen-bond acceptors (Lipinski definition) is 3. The van der Waals surface area contributed by atoms with Gasteiger partial charge in [-0.1, -0.05) is 29.3 Å². The molecule has 26 heavy (non-hydrogen) atoms. The Kier molecular flexibility index (Phi) is 6.51. The second kappa shape index (κ2) is 7.94. The number of rotatable bonds is 4. The van der Waals surface area contributed by atoms with E-state index in [1.165, 1.54) is 30.5 Å². The molecule has 0 amide bonds. The van der Waals surface area contributed by atoms with Gasteiger partial charge in [-0.2, -0.15) is 13.2 Å². The third-order valence-electron chi connectivity index (χ3n) is 3.48. The van der Waals surface area contributed by atoms with E-state index < -0.39 is 33.9 Å². The summed E-state index contributed by atoms with van der Waals surface area (Å²) in [7, 11) is 0. The molecule has 142 valence electrons. The molecule has 0 saturated carbocycles. The van der Waals surface area contributed by atoms with E-state index in [1.54, 1.807) is 20.8 Å². The van der Waals surface area contributed by atoms with Crippen molar-refractivity contribution < 1.29 is 17.7 Å². The van der Waals surface area contributed by atoms with Crippen molar-refractivity contribution in [2.75, 3.05) is 0 Å². The molecule has 0 radical (unpaired) electrons. The van der Waals surface area contributed by atoms with Gasteiger partial charge in [0.1, 0.15) is 10.8 Å². The van der Waals surface area contributed by atoms with Crippen LogP contribution in [0.5, 0.6) is 0 Å². The summed E-state index contributed by atoms with van der Waals surface area (Å²) in [5.74, 6) is 0. The molecule has 0 aliphatic rings. The zero-order chi connectivity index (χ0) is 19.7. The number of nitrogens with zero attached hydrogens (tertiary/aromatic N) is 1. The van der Waals surface area contributed by atoms with E-state index in [1.807, 2.05) is 0 Å². The minimum atomic E-state index is -4.61. The van der Waals surface area contributed by atoms with Crippen LogP contribution in [0.25, 0.3) is 0 Å². The van der Waals surface area contributed by atoms with Crippen molar-refractivity contribution in [1.82, 2.24) is 9.71 Å². The fourth-order valence-corrected chi connectivity index (χ4v) is 3.27. The van der Waals surface area contributed by atoms with Crippen LogP contribution in [0.1, 0.15) is 43.6 Å². The van der Waals surface area contributed by atoms with Gasteiger partial charge in [-0.05, 0) is 50.6 Å². The molecule has 0 saturated heterocycles. The van der Waals surface area contributed by atoms with Gasteiger partial charge in [-0.25, -0.2) is 0 Å². The molecule has 2 rings (SSSR count). The average Bonchev–Trinajstić information content (AvgIpc) is 2.53. The Hall–Kier alpha value is -0.990. The molecule has 9 heteroatoms. The van der Waals surface area contributed by atoms with Crippen LogP contribution in [0, 0.1) is 0 Å². The van der Waals surface area contributed by atoms with Crippen LogP contribution in [0.4, 0.5) is 13.2 Å². The van der Waals surface area contributed by atoms with Crippen molar-refractivity contribution in [1.29, 1.82) is 0 Å². The highest BCUT2D eigenvalue weighted by Crippen LogP contribution is 2.37. The van der Waals surface area contributed by atoms with Crippen molar-refractivity contribution in [3.8, 4) is 0 Å². The van der Waals surface area contributed by atoms with Crippen LogP contribution >= 0.6 is 23.2 Å². The summed E-state index contributed by atoms with van der Waals surface area (Å²) in [6.07, 6.45) is -3.35. The van der Waals surface area contributed by atoms with Crippen LogP contribution in [0.2, 0.25) is 10.0 Å². The highest BCUT2D eigenvalue weighted by Gasteiger charge is 2.39. The second-order valence-corrected chi connectivity index (χ2v) is 9.35. The molecule has 1 aromatic heterocycles. The van der Waals surface area contributed by atoms with Crippen molar-refractivity contribution >= 4 is 34.6 Å². The lowest BCUT2D eigenvalue weighted by Gasteiger charge is -2.29. The van der Waals surface area contributed by atoms with Crippen LogP contribution in [0.15, 0.2) is 36.5 Å². The molecule has 1 heterocycles. The molecule has 1 N–H and O–H groups in total. The summed E-state index contributed by atoms with van der Waals surface area (Å²) in [6, 6.07) is 5.51. The number of pyridine rings is 1. The predicted octanol–water partition coefficient (Wildman–Crippen LogP) is 5.55. The van der Waals surface area contributed by atoms with Crippen LogP contribution in [0.3, 0.4) is 0 Å². The molecule has 2 atom stereocenters. The number of hydrogen-bond donors (Lipinski definition) is 1. The third kappa shape index (κ3) is 5.04. The van der Waals surface area contributed by atoms with Gasteiger partial charge in [-0.3, -0.25) is 4.98 Å². The monoisotopic (exact) mass is 424 g/mol. The molecule has 2 aromatic rings. The molecular weight excluding hydrogens is 408 g/mol. The normalized spacial score (nSPS) is 15.0.